The number of aliphatic hydroxyl groups excluding tert-OH is 1. The fraction of sp³-hybridized carbons (Fsp3) is 0.412. The number of urea groups is 1. The molecule has 1 aromatic carbocycles. The number of nitrogens with one attached hydrogen (secondary N) is 1. The predicted molar refractivity (Wildman–Crippen MR) is 91.7 cm³/mol. The number of aromatic nitrogens is 1. The van der Waals surface area contributed by atoms with Crippen LogP contribution in [0.5, 0.6) is 0 Å². The van der Waals surface area contributed by atoms with Gasteiger partial charge in [-0.05, 0) is 36.5 Å². The van der Waals surface area contributed by atoms with Crippen molar-refractivity contribution in [1.82, 2.24) is 9.88 Å². The second kappa shape index (κ2) is 7.27. The van der Waals surface area contributed by atoms with Gasteiger partial charge in [0.05, 0.1) is 6.10 Å². The molecule has 2 N–H and O–H groups in total. The van der Waals surface area contributed by atoms with Crippen LogP contribution in [0, 0.1) is 11.7 Å². The number of rotatable bonds is 6. The minimum absolute atomic E-state index is 0.263. The number of carbonyl (C=O) groups is 1. The first-order valence-electron chi connectivity index (χ1n) is 7.90. The topological polar surface area (TPSA) is 65.5 Å². The Bertz CT molecular complexity index is 717. The van der Waals surface area contributed by atoms with Crippen molar-refractivity contribution >= 4 is 22.5 Å². The molecule has 1 unspecified atom stereocenters. The van der Waals surface area contributed by atoms with E-state index in [1.165, 1.54) is 28.4 Å². The molecule has 1 atom stereocenters. The van der Waals surface area contributed by atoms with Gasteiger partial charge in [0.2, 0.25) is 0 Å². The van der Waals surface area contributed by atoms with Crippen LogP contribution in [0.1, 0.15) is 23.3 Å². The lowest BCUT2D eigenvalue weighted by molar-refractivity contribution is 0.117. The van der Waals surface area contributed by atoms with Crippen LogP contribution in [-0.4, -0.2) is 40.7 Å². The number of nitrogens with zero attached hydrogens (tertiary/aromatic N) is 2. The average Bonchev–Trinajstić information content (AvgIpc) is 3.30. The van der Waals surface area contributed by atoms with Crippen LogP contribution in [0.3, 0.4) is 0 Å². The first-order valence-corrected chi connectivity index (χ1v) is 8.72. The van der Waals surface area contributed by atoms with Crippen LogP contribution in [0.25, 0.3) is 0 Å². The summed E-state index contributed by atoms with van der Waals surface area (Å²) in [5.74, 6) is 0.0689. The normalized spacial score (nSPS) is 15.1. The van der Waals surface area contributed by atoms with Crippen LogP contribution in [0.4, 0.5) is 14.3 Å². The summed E-state index contributed by atoms with van der Waals surface area (Å²) in [5.41, 5.74) is 0.862. The number of aliphatic hydroxyl groups is 1. The van der Waals surface area contributed by atoms with Gasteiger partial charge >= 0.3 is 6.03 Å². The summed E-state index contributed by atoms with van der Waals surface area (Å²) in [6, 6.07) is 6.14. The van der Waals surface area contributed by atoms with Gasteiger partial charge in [0.25, 0.3) is 0 Å². The standard InChI is InChI=1S/C17H20FN3O2S/c1-21(10-15(22)12-5-6-12)17(23)20-16-19-9-14(24-16)8-11-3-2-4-13(18)7-11/h2-4,7,9,12,15,22H,5-6,8,10H2,1H3,(H,19,20,23). The van der Waals surface area contributed by atoms with E-state index in [1.54, 1.807) is 19.3 Å². The monoisotopic (exact) mass is 349 g/mol. The second-order valence-electron chi connectivity index (χ2n) is 6.15. The smallest absolute Gasteiger partial charge is 0.323 e. The first kappa shape index (κ1) is 16.9. The number of benzene rings is 1. The summed E-state index contributed by atoms with van der Waals surface area (Å²) in [4.78, 5) is 18.7. The second-order valence-corrected chi connectivity index (χ2v) is 7.27. The number of hydrogen-bond donors (Lipinski definition) is 2. The van der Waals surface area contributed by atoms with Crippen molar-refractivity contribution in [3.05, 3.63) is 46.7 Å². The zero-order valence-corrected chi connectivity index (χ0v) is 14.2. The van der Waals surface area contributed by atoms with Crippen molar-refractivity contribution in [2.75, 3.05) is 18.9 Å². The van der Waals surface area contributed by atoms with Crippen molar-refractivity contribution < 1.29 is 14.3 Å². The highest BCUT2D eigenvalue weighted by Crippen LogP contribution is 2.32. The van der Waals surface area contributed by atoms with Crippen molar-refractivity contribution in [1.29, 1.82) is 0 Å². The quantitative estimate of drug-likeness (QED) is 0.842. The van der Waals surface area contributed by atoms with E-state index >= 15 is 0 Å². The average molecular weight is 349 g/mol. The van der Waals surface area contributed by atoms with Gasteiger partial charge in [0.15, 0.2) is 5.13 Å². The van der Waals surface area contributed by atoms with Gasteiger partial charge in [-0.2, -0.15) is 0 Å². The summed E-state index contributed by atoms with van der Waals surface area (Å²) >= 11 is 1.36. The van der Waals surface area contributed by atoms with Gasteiger partial charge in [-0.3, -0.25) is 5.32 Å². The largest absolute Gasteiger partial charge is 0.391 e. The molecule has 24 heavy (non-hydrogen) atoms. The van der Waals surface area contributed by atoms with Gasteiger partial charge in [-0.1, -0.05) is 12.1 Å². The van der Waals surface area contributed by atoms with E-state index in [1.807, 2.05) is 6.07 Å². The number of carbonyl (C=O) groups excluding carboxylic acids is 1. The molecular formula is C17H20FN3O2S. The Hall–Kier alpha value is -1.99. The summed E-state index contributed by atoms with van der Waals surface area (Å²) < 4.78 is 13.2. The molecule has 0 bridgehead atoms. The van der Waals surface area contributed by atoms with Crippen molar-refractivity contribution in [2.45, 2.75) is 25.4 Å². The van der Waals surface area contributed by atoms with Crippen molar-refractivity contribution in [3.63, 3.8) is 0 Å². The maximum absolute atomic E-state index is 13.2. The summed E-state index contributed by atoms with van der Waals surface area (Å²) in [6.07, 6.45) is 3.87. The minimum Gasteiger partial charge on any atom is -0.391 e. The highest BCUT2D eigenvalue weighted by molar-refractivity contribution is 7.15. The Balaban J connectivity index is 1.54. The lowest BCUT2D eigenvalue weighted by Crippen LogP contribution is -2.37. The number of likely N-dealkylation sites (N-methyl/N-ethyl adjacent to an activating group) is 1. The highest BCUT2D eigenvalue weighted by atomic mass is 32.1. The molecule has 1 aliphatic rings. The Morgan fingerprint density at radius 3 is 3.04 bits per heavy atom. The molecular weight excluding hydrogens is 329 g/mol. The van der Waals surface area contributed by atoms with Gasteiger partial charge < -0.3 is 10.0 Å². The molecule has 1 heterocycles. The third-order valence-electron chi connectivity index (χ3n) is 4.01. The molecule has 1 fully saturated rings. The zero-order chi connectivity index (χ0) is 17.1. The fourth-order valence-corrected chi connectivity index (χ4v) is 3.31. The third kappa shape index (κ3) is 4.52. The maximum atomic E-state index is 13.2. The van der Waals surface area contributed by atoms with E-state index in [2.05, 4.69) is 10.3 Å². The molecule has 1 aromatic heterocycles. The summed E-state index contributed by atoms with van der Waals surface area (Å²) in [5, 5.41) is 13.1. The zero-order valence-electron chi connectivity index (χ0n) is 13.4. The van der Waals surface area contributed by atoms with Crippen LogP contribution < -0.4 is 5.32 Å². The van der Waals surface area contributed by atoms with Crippen LogP contribution in [0.15, 0.2) is 30.5 Å². The Morgan fingerprint density at radius 1 is 1.54 bits per heavy atom. The predicted octanol–water partition coefficient (Wildman–Crippen LogP) is 3.11. The highest BCUT2D eigenvalue weighted by Gasteiger charge is 2.31. The van der Waals surface area contributed by atoms with E-state index in [0.29, 0.717) is 24.0 Å². The number of hydrogen-bond acceptors (Lipinski definition) is 4. The van der Waals surface area contributed by atoms with E-state index in [0.717, 1.165) is 23.3 Å². The first-order chi connectivity index (χ1) is 11.5. The van der Waals surface area contributed by atoms with Crippen molar-refractivity contribution in [3.8, 4) is 0 Å². The number of amides is 2. The van der Waals surface area contributed by atoms with Crippen LogP contribution in [0.2, 0.25) is 0 Å². The van der Waals surface area contributed by atoms with Crippen LogP contribution >= 0.6 is 11.3 Å². The Kier molecular flexibility index (Phi) is 5.11. The summed E-state index contributed by atoms with van der Waals surface area (Å²) in [6.45, 7) is 0.317. The molecule has 0 radical (unpaired) electrons. The molecule has 3 rings (SSSR count). The number of halogens is 1. The van der Waals surface area contributed by atoms with E-state index in [4.69, 9.17) is 0 Å². The van der Waals surface area contributed by atoms with E-state index in [9.17, 15) is 14.3 Å². The molecule has 2 aromatic rings. The van der Waals surface area contributed by atoms with Crippen molar-refractivity contribution in [2.24, 2.45) is 5.92 Å². The number of anilines is 1. The molecule has 0 aliphatic heterocycles. The molecule has 7 heteroatoms. The Morgan fingerprint density at radius 2 is 2.33 bits per heavy atom. The molecule has 0 spiro atoms. The molecule has 128 valence electrons. The fourth-order valence-electron chi connectivity index (χ4n) is 2.48. The van der Waals surface area contributed by atoms with Crippen LogP contribution in [-0.2, 0) is 6.42 Å². The molecule has 1 saturated carbocycles. The van der Waals surface area contributed by atoms with E-state index in [-0.39, 0.29) is 11.8 Å². The molecule has 5 nitrogen and oxygen atoms in total. The maximum Gasteiger partial charge on any atom is 0.323 e. The van der Waals surface area contributed by atoms with Gasteiger partial charge in [-0.15, -0.1) is 11.3 Å². The minimum atomic E-state index is -0.458. The van der Waals surface area contributed by atoms with E-state index < -0.39 is 6.10 Å². The molecule has 0 saturated heterocycles. The van der Waals surface area contributed by atoms with Gasteiger partial charge in [-0.25, -0.2) is 14.2 Å². The lowest BCUT2D eigenvalue weighted by atomic mass is 10.1. The van der Waals surface area contributed by atoms with Gasteiger partial charge in [0.1, 0.15) is 5.82 Å². The number of thiazole rings is 1. The molecule has 1 aliphatic carbocycles. The van der Waals surface area contributed by atoms with Gasteiger partial charge in [0, 0.05) is 31.1 Å². The SMILES string of the molecule is CN(CC(O)C1CC1)C(=O)Nc1ncc(Cc2cccc(F)c2)s1. The lowest BCUT2D eigenvalue weighted by Gasteiger charge is -2.20. The molecule has 2 amide bonds. The summed E-state index contributed by atoms with van der Waals surface area (Å²) in [7, 11) is 1.65. The third-order valence-corrected chi connectivity index (χ3v) is 4.92. The Labute approximate surface area is 144 Å².